The second kappa shape index (κ2) is 7.17. The van der Waals surface area contributed by atoms with Crippen LogP contribution in [-0.2, 0) is 22.6 Å². The summed E-state index contributed by atoms with van der Waals surface area (Å²) < 4.78 is 16.1. The fraction of sp³-hybridized carbons (Fsp3) is 0.211. The van der Waals surface area contributed by atoms with Crippen molar-refractivity contribution >= 4 is 17.6 Å². The molecule has 4 rings (SSSR count). The van der Waals surface area contributed by atoms with Crippen LogP contribution in [0.1, 0.15) is 11.5 Å². The van der Waals surface area contributed by atoms with E-state index in [4.69, 9.17) is 25.6 Å². The molecule has 132 valence electrons. The SMILES string of the molecule is O=C(OCc1nc(-c2ccc(Cl)cc2)no1)[C@@H]1COc2ccccc2C1. The van der Waals surface area contributed by atoms with Gasteiger partial charge in [-0.1, -0.05) is 35.0 Å². The summed E-state index contributed by atoms with van der Waals surface area (Å²) in [4.78, 5) is 16.5. The Bertz CT molecular complexity index is 923. The van der Waals surface area contributed by atoms with E-state index in [1.807, 2.05) is 24.3 Å². The molecule has 1 aliphatic rings. The molecule has 0 aliphatic carbocycles. The maximum atomic E-state index is 12.3. The maximum Gasteiger partial charge on any atom is 0.313 e. The molecule has 0 radical (unpaired) electrons. The van der Waals surface area contributed by atoms with Gasteiger partial charge in [0.1, 0.15) is 12.4 Å². The number of esters is 1. The third-order valence-electron chi connectivity index (χ3n) is 4.12. The summed E-state index contributed by atoms with van der Waals surface area (Å²) in [5.74, 6) is 0.790. The monoisotopic (exact) mass is 370 g/mol. The topological polar surface area (TPSA) is 74.5 Å². The summed E-state index contributed by atoms with van der Waals surface area (Å²) in [5.41, 5.74) is 1.77. The van der Waals surface area contributed by atoms with E-state index in [0.717, 1.165) is 16.9 Å². The van der Waals surface area contributed by atoms with Gasteiger partial charge in [0.05, 0.1) is 5.92 Å². The zero-order valence-electron chi connectivity index (χ0n) is 13.7. The quantitative estimate of drug-likeness (QED) is 0.652. The van der Waals surface area contributed by atoms with Gasteiger partial charge in [-0.05, 0) is 42.3 Å². The Hall–Kier alpha value is -2.86. The summed E-state index contributed by atoms with van der Waals surface area (Å²) in [5, 5.41) is 4.52. The second-order valence-corrected chi connectivity index (χ2v) is 6.38. The van der Waals surface area contributed by atoms with Gasteiger partial charge in [0.15, 0.2) is 6.61 Å². The number of fused-ring (bicyclic) bond motifs is 1. The van der Waals surface area contributed by atoms with Gasteiger partial charge in [-0.25, -0.2) is 0 Å². The van der Waals surface area contributed by atoms with Crippen LogP contribution < -0.4 is 4.74 Å². The lowest BCUT2D eigenvalue weighted by Gasteiger charge is -2.23. The first kappa shape index (κ1) is 16.6. The normalized spacial score (nSPS) is 15.8. The van der Waals surface area contributed by atoms with Gasteiger partial charge in [0.2, 0.25) is 5.82 Å². The van der Waals surface area contributed by atoms with Crippen LogP contribution in [0.15, 0.2) is 53.1 Å². The zero-order valence-corrected chi connectivity index (χ0v) is 14.5. The van der Waals surface area contributed by atoms with Crippen LogP contribution in [0.2, 0.25) is 5.02 Å². The van der Waals surface area contributed by atoms with E-state index in [2.05, 4.69) is 10.1 Å². The first-order chi connectivity index (χ1) is 12.7. The highest BCUT2D eigenvalue weighted by atomic mass is 35.5. The van der Waals surface area contributed by atoms with Gasteiger partial charge in [-0.2, -0.15) is 4.98 Å². The molecule has 2 heterocycles. The van der Waals surface area contributed by atoms with E-state index in [1.165, 1.54) is 0 Å². The van der Waals surface area contributed by atoms with Gasteiger partial charge in [0.25, 0.3) is 5.89 Å². The molecular weight excluding hydrogens is 356 g/mol. The molecule has 0 spiro atoms. The van der Waals surface area contributed by atoms with Gasteiger partial charge in [-0.15, -0.1) is 0 Å². The zero-order chi connectivity index (χ0) is 17.9. The lowest BCUT2D eigenvalue weighted by Crippen LogP contribution is -2.29. The number of hydrogen-bond donors (Lipinski definition) is 0. The predicted octanol–water partition coefficient (Wildman–Crippen LogP) is 3.68. The van der Waals surface area contributed by atoms with Crippen molar-refractivity contribution in [3.63, 3.8) is 0 Å². The number of carbonyl (C=O) groups is 1. The predicted molar refractivity (Wildman–Crippen MR) is 93.7 cm³/mol. The number of benzene rings is 2. The number of ether oxygens (including phenoxy) is 2. The highest BCUT2D eigenvalue weighted by Crippen LogP contribution is 2.27. The molecule has 1 atom stereocenters. The Labute approximate surface area is 154 Å². The number of hydrogen-bond acceptors (Lipinski definition) is 6. The summed E-state index contributed by atoms with van der Waals surface area (Å²) >= 11 is 5.86. The molecule has 0 fully saturated rings. The van der Waals surface area contributed by atoms with Crippen molar-refractivity contribution in [1.29, 1.82) is 0 Å². The molecule has 6 nitrogen and oxygen atoms in total. The number of nitrogens with zero attached hydrogens (tertiary/aromatic N) is 2. The third kappa shape index (κ3) is 3.55. The fourth-order valence-electron chi connectivity index (χ4n) is 2.76. The van der Waals surface area contributed by atoms with Crippen molar-refractivity contribution in [2.75, 3.05) is 6.61 Å². The van der Waals surface area contributed by atoms with E-state index < -0.39 is 0 Å². The molecule has 0 amide bonds. The van der Waals surface area contributed by atoms with Crippen LogP contribution >= 0.6 is 11.6 Å². The van der Waals surface area contributed by atoms with Crippen molar-refractivity contribution in [2.45, 2.75) is 13.0 Å². The molecule has 0 bridgehead atoms. The molecule has 0 unspecified atom stereocenters. The highest BCUT2D eigenvalue weighted by Gasteiger charge is 2.27. The first-order valence-electron chi connectivity index (χ1n) is 8.15. The van der Waals surface area contributed by atoms with Crippen LogP contribution in [0.3, 0.4) is 0 Å². The molecule has 1 aromatic heterocycles. The van der Waals surface area contributed by atoms with Crippen LogP contribution in [0.4, 0.5) is 0 Å². The van der Waals surface area contributed by atoms with Crippen molar-refractivity contribution in [3.05, 3.63) is 65.0 Å². The Balaban J connectivity index is 1.36. The Morgan fingerprint density at radius 3 is 2.85 bits per heavy atom. The lowest BCUT2D eigenvalue weighted by molar-refractivity contribution is -0.152. The number of para-hydroxylation sites is 1. The Morgan fingerprint density at radius 2 is 2.00 bits per heavy atom. The molecular formula is C19H15ClN2O4. The smallest absolute Gasteiger partial charge is 0.313 e. The Morgan fingerprint density at radius 1 is 1.19 bits per heavy atom. The van der Waals surface area contributed by atoms with Crippen molar-refractivity contribution < 1.29 is 18.8 Å². The van der Waals surface area contributed by atoms with Crippen LogP contribution in [0.5, 0.6) is 5.75 Å². The van der Waals surface area contributed by atoms with E-state index >= 15 is 0 Å². The van der Waals surface area contributed by atoms with Crippen molar-refractivity contribution in [3.8, 4) is 17.1 Å². The molecule has 0 saturated heterocycles. The molecule has 0 saturated carbocycles. The molecule has 26 heavy (non-hydrogen) atoms. The van der Waals surface area contributed by atoms with Gasteiger partial charge < -0.3 is 14.0 Å². The largest absolute Gasteiger partial charge is 0.492 e. The van der Waals surface area contributed by atoms with Crippen molar-refractivity contribution in [2.24, 2.45) is 5.92 Å². The number of rotatable bonds is 4. The molecule has 0 N–H and O–H groups in total. The highest BCUT2D eigenvalue weighted by molar-refractivity contribution is 6.30. The van der Waals surface area contributed by atoms with Gasteiger partial charge in [-0.3, -0.25) is 4.79 Å². The number of halogens is 1. The average Bonchev–Trinajstić information content (AvgIpc) is 3.15. The first-order valence-corrected chi connectivity index (χ1v) is 8.53. The van der Waals surface area contributed by atoms with E-state index in [9.17, 15) is 4.79 Å². The number of aromatic nitrogens is 2. The molecule has 7 heteroatoms. The summed E-state index contributed by atoms with van der Waals surface area (Å²) in [6.45, 7) is 0.229. The average molecular weight is 371 g/mol. The summed E-state index contributed by atoms with van der Waals surface area (Å²) in [7, 11) is 0. The van der Waals surface area contributed by atoms with E-state index in [1.54, 1.807) is 24.3 Å². The third-order valence-corrected chi connectivity index (χ3v) is 4.37. The second-order valence-electron chi connectivity index (χ2n) is 5.95. The minimum Gasteiger partial charge on any atom is -0.492 e. The fourth-order valence-corrected chi connectivity index (χ4v) is 2.89. The lowest BCUT2D eigenvalue weighted by atomic mass is 9.97. The molecule has 2 aromatic carbocycles. The molecule has 1 aliphatic heterocycles. The Kier molecular flexibility index (Phi) is 4.58. The van der Waals surface area contributed by atoms with E-state index in [0.29, 0.717) is 23.9 Å². The summed E-state index contributed by atoms with van der Waals surface area (Å²) in [6, 6.07) is 14.7. The van der Waals surface area contributed by atoms with Gasteiger partial charge >= 0.3 is 5.97 Å². The minimum atomic E-state index is -0.344. The minimum absolute atomic E-state index is 0.0719. The van der Waals surface area contributed by atoms with E-state index in [-0.39, 0.29) is 24.4 Å². The van der Waals surface area contributed by atoms with Crippen LogP contribution in [0.25, 0.3) is 11.4 Å². The van der Waals surface area contributed by atoms with Crippen molar-refractivity contribution in [1.82, 2.24) is 10.1 Å². The van der Waals surface area contributed by atoms with Gasteiger partial charge in [0, 0.05) is 10.6 Å². The maximum absolute atomic E-state index is 12.3. The molecule has 3 aromatic rings. The van der Waals surface area contributed by atoms with Crippen LogP contribution in [-0.4, -0.2) is 22.7 Å². The standard InChI is InChI=1S/C19H15ClN2O4/c20-15-7-5-12(6-8-15)18-21-17(26-22-18)11-25-19(23)14-9-13-3-1-2-4-16(13)24-10-14/h1-8,14H,9-11H2/t14-/m0/s1. The summed E-state index contributed by atoms with van der Waals surface area (Å²) in [6.07, 6.45) is 0.592. The number of carbonyl (C=O) groups excluding carboxylic acids is 1. The van der Waals surface area contributed by atoms with Crippen LogP contribution in [0, 0.1) is 5.92 Å².